The van der Waals surface area contributed by atoms with Crippen LogP contribution in [-0.2, 0) is 14.6 Å². The fourth-order valence-electron chi connectivity index (χ4n) is 1.52. The standard InChI is InChI=1S/C11H10Cl2N4O3S/c1-5(18)16-17-10-11(21(2,19)20)15-9-4-7(13)6(12)3-8(9)14-10/h3-4H,1-2H3,(H,14,17)(H,16,18). The monoisotopic (exact) mass is 348 g/mol. The minimum absolute atomic E-state index is 0.0985. The molecule has 1 aromatic heterocycles. The fourth-order valence-corrected chi connectivity index (χ4v) is 2.55. The number of amides is 1. The second-order valence-corrected chi connectivity index (χ2v) is 6.96. The van der Waals surface area contributed by atoms with Crippen molar-refractivity contribution >= 4 is 55.8 Å². The van der Waals surface area contributed by atoms with E-state index >= 15 is 0 Å². The maximum absolute atomic E-state index is 11.8. The number of aromatic nitrogens is 2. The van der Waals surface area contributed by atoms with Crippen molar-refractivity contribution in [2.75, 3.05) is 11.7 Å². The Kier molecular flexibility index (Phi) is 4.22. The van der Waals surface area contributed by atoms with E-state index in [1.54, 1.807) is 0 Å². The molecule has 0 radical (unpaired) electrons. The molecular formula is C11H10Cl2N4O3S. The first-order valence-electron chi connectivity index (χ1n) is 5.58. The first-order chi connectivity index (χ1) is 9.68. The van der Waals surface area contributed by atoms with Gasteiger partial charge in [-0.1, -0.05) is 23.2 Å². The van der Waals surface area contributed by atoms with E-state index in [1.807, 2.05) is 0 Å². The zero-order valence-electron chi connectivity index (χ0n) is 10.9. The summed E-state index contributed by atoms with van der Waals surface area (Å²) in [5.41, 5.74) is 5.28. The molecule has 2 N–H and O–H groups in total. The molecule has 0 aliphatic rings. The average molecular weight is 349 g/mol. The average Bonchev–Trinajstić information content (AvgIpc) is 2.35. The van der Waals surface area contributed by atoms with Gasteiger partial charge in [0, 0.05) is 13.2 Å². The summed E-state index contributed by atoms with van der Waals surface area (Å²) >= 11 is 11.8. The molecule has 0 spiro atoms. The number of hydrogen-bond donors (Lipinski definition) is 2. The minimum atomic E-state index is -3.66. The normalized spacial score (nSPS) is 11.4. The third-order valence-corrected chi connectivity index (χ3v) is 4.09. The van der Waals surface area contributed by atoms with E-state index in [4.69, 9.17) is 23.2 Å². The number of rotatable bonds is 3. The molecule has 2 aromatic rings. The largest absolute Gasteiger partial charge is 0.279 e. The Balaban J connectivity index is 2.68. The molecule has 0 fully saturated rings. The van der Waals surface area contributed by atoms with Gasteiger partial charge < -0.3 is 0 Å². The first kappa shape index (κ1) is 15.7. The summed E-state index contributed by atoms with van der Waals surface area (Å²) < 4.78 is 23.6. The van der Waals surface area contributed by atoms with Crippen LogP contribution < -0.4 is 10.9 Å². The van der Waals surface area contributed by atoms with Crippen LogP contribution in [-0.4, -0.2) is 30.5 Å². The van der Waals surface area contributed by atoms with Crippen molar-refractivity contribution in [3.8, 4) is 0 Å². The number of anilines is 1. The van der Waals surface area contributed by atoms with Gasteiger partial charge in [-0.25, -0.2) is 18.4 Å². The number of carbonyl (C=O) groups excluding carboxylic acids is 1. The quantitative estimate of drug-likeness (QED) is 0.820. The van der Waals surface area contributed by atoms with Crippen LogP contribution >= 0.6 is 23.2 Å². The summed E-state index contributed by atoms with van der Waals surface area (Å²) in [6.07, 6.45) is 0.985. The van der Waals surface area contributed by atoms with Gasteiger partial charge in [-0.2, -0.15) is 0 Å². The Morgan fingerprint density at radius 3 is 2.14 bits per heavy atom. The number of nitrogens with zero attached hydrogens (tertiary/aromatic N) is 2. The molecule has 10 heteroatoms. The van der Waals surface area contributed by atoms with Crippen molar-refractivity contribution < 1.29 is 13.2 Å². The number of hydrazine groups is 1. The van der Waals surface area contributed by atoms with Crippen molar-refractivity contribution in [2.24, 2.45) is 0 Å². The zero-order valence-corrected chi connectivity index (χ0v) is 13.3. The van der Waals surface area contributed by atoms with Gasteiger partial charge in [0.2, 0.25) is 5.91 Å². The lowest BCUT2D eigenvalue weighted by Crippen LogP contribution is -2.28. The second kappa shape index (κ2) is 5.63. The molecule has 0 bridgehead atoms. The Hall–Kier alpha value is -1.64. The maximum atomic E-state index is 11.8. The topological polar surface area (TPSA) is 101 Å². The number of fused-ring (bicyclic) bond motifs is 1. The van der Waals surface area contributed by atoms with E-state index in [-0.39, 0.29) is 26.4 Å². The first-order valence-corrected chi connectivity index (χ1v) is 8.22. The molecule has 0 aliphatic carbocycles. The van der Waals surface area contributed by atoms with Gasteiger partial charge in [-0.05, 0) is 12.1 Å². The SMILES string of the molecule is CC(=O)NNc1nc2cc(Cl)c(Cl)cc2nc1S(C)(=O)=O. The third-order valence-electron chi connectivity index (χ3n) is 2.38. The van der Waals surface area contributed by atoms with Crippen molar-refractivity contribution in [3.05, 3.63) is 22.2 Å². The van der Waals surface area contributed by atoms with Crippen LogP contribution in [0.4, 0.5) is 5.82 Å². The minimum Gasteiger partial charge on any atom is -0.279 e. The Morgan fingerprint density at radius 1 is 1.14 bits per heavy atom. The van der Waals surface area contributed by atoms with E-state index in [0.717, 1.165) is 6.26 Å². The molecule has 2 rings (SSSR count). The number of benzene rings is 1. The summed E-state index contributed by atoms with van der Waals surface area (Å²) in [6.45, 7) is 1.26. The highest BCUT2D eigenvalue weighted by Crippen LogP contribution is 2.28. The van der Waals surface area contributed by atoms with Gasteiger partial charge in [0.1, 0.15) is 0 Å². The Bertz CT molecular complexity index is 839. The summed E-state index contributed by atoms with van der Waals surface area (Å²) in [5, 5.41) is 0.193. The molecule has 0 saturated heterocycles. The highest BCUT2D eigenvalue weighted by molar-refractivity contribution is 7.90. The van der Waals surface area contributed by atoms with Crippen LogP contribution in [0.15, 0.2) is 17.2 Å². The molecule has 1 amide bonds. The van der Waals surface area contributed by atoms with Gasteiger partial charge in [0.05, 0.1) is 21.1 Å². The highest BCUT2D eigenvalue weighted by atomic mass is 35.5. The third kappa shape index (κ3) is 3.52. The molecule has 7 nitrogen and oxygen atoms in total. The van der Waals surface area contributed by atoms with Gasteiger partial charge in [0.25, 0.3) is 0 Å². The van der Waals surface area contributed by atoms with Gasteiger partial charge >= 0.3 is 0 Å². The van der Waals surface area contributed by atoms with Crippen LogP contribution in [0.5, 0.6) is 0 Å². The molecule has 1 heterocycles. The van der Waals surface area contributed by atoms with E-state index in [9.17, 15) is 13.2 Å². The highest BCUT2D eigenvalue weighted by Gasteiger charge is 2.19. The lowest BCUT2D eigenvalue weighted by molar-refractivity contribution is -0.118. The van der Waals surface area contributed by atoms with E-state index < -0.39 is 15.7 Å². The van der Waals surface area contributed by atoms with Crippen LogP contribution in [0.2, 0.25) is 10.0 Å². The number of sulfone groups is 1. The van der Waals surface area contributed by atoms with Crippen molar-refractivity contribution in [2.45, 2.75) is 11.9 Å². The molecule has 0 atom stereocenters. The lowest BCUT2D eigenvalue weighted by atomic mass is 10.3. The van der Waals surface area contributed by atoms with Gasteiger partial charge in [-0.15, -0.1) is 0 Å². The smallest absolute Gasteiger partial charge is 0.235 e. The zero-order chi connectivity index (χ0) is 15.8. The van der Waals surface area contributed by atoms with Crippen LogP contribution in [0.3, 0.4) is 0 Å². The number of halogens is 2. The van der Waals surface area contributed by atoms with E-state index in [1.165, 1.54) is 19.1 Å². The second-order valence-electron chi connectivity index (χ2n) is 4.21. The lowest BCUT2D eigenvalue weighted by Gasteiger charge is -2.11. The molecule has 1 aromatic carbocycles. The molecule has 0 saturated carbocycles. The predicted molar refractivity (Wildman–Crippen MR) is 80.1 cm³/mol. The summed E-state index contributed by atoms with van der Waals surface area (Å²) in [6, 6.07) is 2.88. The number of carbonyl (C=O) groups is 1. The summed E-state index contributed by atoms with van der Waals surface area (Å²) in [5.74, 6) is -0.510. The summed E-state index contributed by atoms with van der Waals surface area (Å²) in [4.78, 5) is 19.1. The van der Waals surface area contributed by atoms with Crippen molar-refractivity contribution in [3.63, 3.8) is 0 Å². The van der Waals surface area contributed by atoms with Crippen molar-refractivity contribution in [1.82, 2.24) is 15.4 Å². The Labute approximate surface area is 130 Å². The summed E-state index contributed by atoms with van der Waals surface area (Å²) in [7, 11) is -3.66. The van der Waals surface area contributed by atoms with Gasteiger partial charge in [-0.3, -0.25) is 15.6 Å². The Morgan fingerprint density at radius 2 is 1.67 bits per heavy atom. The fraction of sp³-hybridized carbons (Fsp3) is 0.182. The van der Waals surface area contributed by atoms with E-state index in [2.05, 4.69) is 20.8 Å². The number of hydrogen-bond acceptors (Lipinski definition) is 6. The predicted octanol–water partition coefficient (Wildman–Crippen LogP) is 1.80. The maximum Gasteiger partial charge on any atom is 0.235 e. The molecule has 0 aliphatic heterocycles. The van der Waals surface area contributed by atoms with Crippen LogP contribution in [0.25, 0.3) is 11.0 Å². The van der Waals surface area contributed by atoms with E-state index in [0.29, 0.717) is 5.52 Å². The van der Waals surface area contributed by atoms with Crippen LogP contribution in [0, 0.1) is 0 Å². The molecular weight excluding hydrogens is 339 g/mol. The molecule has 21 heavy (non-hydrogen) atoms. The number of nitrogens with one attached hydrogen (secondary N) is 2. The van der Waals surface area contributed by atoms with Gasteiger partial charge in [0.15, 0.2) is 20.7 Å². The molecule has 0 unspecified atom stereocenters. The molecule has 112 valence electrons. The van der Waals surface area contributed by atoms with Crippen molar-refractivity contribution in [1.29, 1.82) is 0 Å². The van der Waals surface area contributed by atoms with Crippen LogP contribution in [0.1, 0.15) is 6.92 Å².